The van der Waals surface area contributed by atoms with Crippen LogP contribution in [0.4, 0.5) is 0 Å². The molecule has 1 fully saturated rings. The maximum absolute atomic E-state index is 6.43. The Bertz CT molecular complexity index is 887. The standard InChI is InChI=1S/C27H38ClN2P/c1-8-11-12-13-16-30-17-19-31(21-30)18-15-25(31)26(23(6)22(4)5)27(29(7)10-3)24(20-28)14-9-2/h8-9,11-16,31H,1-2,4,6,10,17-21H2,3,5,7H3/b12-11-,16-13-,24-14+,27-26+. The molecule has 0 aliphatic carbocycles. The predicted molar refractivity (Wildman–Crippen MR) is 144 cm³/mol. The van der Waals surface area contributed by atoms with Crippen molar-refractivity contribution in [3.8, 4) is 0 Å². The van der Waals surface area contributed by atoms with Crippen molar-refractivity contribution in [3.05, 3.63) is 108 Å². The van der Waals surface area contributed by atoms with Crippen LogP contribution in [0.3, 0.4) is 0 Å². The quantitative estimate of drug-likeness (QED) is 0.190. The summed E-state index contributed by atoms with van der Waals surface area (Å²) in [6.45, 7) is 22.6. The van der Waals surface area contributed by atoms with Crippen molar-refractivity contribution < 1.29 is 0 Å². The maximum atomic E-state index is 6.43. The van der Waals surface area contributed by atoms with Gasteiger partial charge in [-0.05, 0) is 0 Å². The fourth-order valence-electron chi connectivity index (χ4n) is 4.32. The fourth-order valence-corrected chi connectivity index (χ4v) is 9.01. The second kappa shape index (κ2) is 11.6. The fraction of sp³-hybridized carbons (Fsp3) is 0.333. The number of hydrogen-bond donors (Lipinski definition) is 0. The van der Waals surface area contributed by atoms with Crippen LogP contribution in [0, 0.1) is 0 Å². The van der Waals surface area contributed by atoms with Gasteiger partial charge in [-0.2, -0.15) is 0 Å². The monoisotopic (exact) mass is 456 g/mol. The van der Waals surface area contributed by atoms with Gasteiger partial charge in [0.1, 0.15) is 0 Å². The third kappa shape index (κ3) is 5.62. The second-order valence-corrected chi connectivity index (χ2v) is 12.9. The van der Waals surface area contributed by atoms with Crippen LogP contribution < -0.4 is 0 Å². The molecule has 0 atom stereocenters. The molecule has 0 aromatic heterocycles. The summed E-state index contributed by atoms with van der Waals surface area (Å²) < 4.78 is 0. The average molecular weight is 457 g/mol. The summed E-state index contributed by atoms with van der Waals surface area (Å²) in [5, 5.41) is 1.52. The molecule has 31 heavy (non-hydrogen) atoms. The van der Waals surface area contributed by atoms with E-state index in [1.165, 1.54) is 28.9 Å². The number of hydrogen-bond acceptors (Lipinski definition) is 2. The first-order chi connectivity index (χ1) is 14.8. The van der Waals surface area contributed by atoms with Gasteiger partial charge >= 0.3 is 195 Å². The Labute approximate surface area is 195 Å². The minimum absolute atomic E-state index is 0.436. The van der Waals surface area contributed by atoms with E-state index in [1.807, 2.05) is 31.2 Å². The molecule has 4 heteroatoms. The summed E-state index contributed by atoms with van der Waals surface area (Å²) in [7, 11) is 0.526. The summed E-state index contributed by atoms with van der Waals surface area (Å²) in [4.78, 5) is 4.76. The molecule has 2 heterocycles. The number of halogens is 1. The average Bonchev–Trinajstić information content (AvgIpc) is 3.20. The van der Waals surface area contributed by atoms with Gasteiger partial charge in [-0.25, -0.2) is 0 Å². The van der Waals surface area contributed by atoms with Crippen LogP contribution in [0.1, 0.15) is 13.8 Å². The van der Waals surface area contributed by atoms with Crippen molar-refractivity contribution in [1.29, 1.82) is 0 Å². The van der Waals surface area contributed by atoms with Crippen molar-refractivity contribution in [2.75, 3.05) is 44.6 Å². The van der Waals surface area contributed by atoms with Crippen LogP contribution in [0.2, 0.25) is 0 Å². The summed E-state index contributed by atoms with van der Waals surface area (Å²) >= 11 is 6.43. The van der Waals surface area contributed by atoms with Crippen molar-refractivity contribution in [3.63, 3.8) is 0 Å². The first-order valence-electron chi connectivity index (χ1n) is 10.9. The van der Waals surface area contributed by atoms with Crippen LogP contribution >= 0.6 is 18.9 Å². The van der Waals surface area contributed by atoms with E-state index in [2.05, 4.69) is 68.4 Å². The van der Waals surface area contributed by atoms with Gasteiger partial charge in [-0.15, -0.1) is 0 Å². The Kier molecular flexibility index (Phi) is 9.41. The molecule has 1 spiro atoms. The van der Waals surface area contributed by atoms with Gasteiger partial charge in [-0.1, -0.05) is 0 Å². The van der Waals surface area contributed by atoms with Crippen LogP contribution in [0.5, 0.6) is 0 Å². The molecule has 2 aliphatic heterocycles. The van der Waals surface area contributed by atoms with Crippen LogP contribution in [0.15, 0.2) is 108 Å². The van der Waals surface area contributed by atoms with Gasteiger partial charge < -0.3 is 0 Å². The molecular weight excluding hydrogens is 419 g/mol. The predicted octanol–water partition coefficient (Wildman–Crippen LogP) is 6.85. The van der Waals surface area contributed by atoms with Gasteiger partial charge in [0.2, 0.25) is 0 Å². The zero-order chi connectivity index (χ0) is 23.0. The molecule has 2 rings (SSSR count). The molecule has 1 saturated heterocycles. The van der Waals surface area contributed by atoms with Crippen molar-refractivity contribution in [1.82, 2.24) is 9.80 Å². The first-order valence-corrected chi connectivity index (χ1v) is 14.1. The Morgan fingerprint density at radius 2 is 1.97 bits per heavy atom. The van der Waals surface area contributed by atoms with Crippen molar-refractivity contribution >= 4 is 18.9 Å². The summed E-state index contributed by atoms with van der Waals surface area (Å²) in [5.74, 6) is 0.436. The molecular formula is C27H38ClN2P. The molecule has 2 nitrogen and oxygen atoms in total. The normalized spacial score (nSPS) is 19.8. The van der Waals surface area contributed by atoms with E-state index in [4.69, 9.17) is 11.6 Å². The van der Waals surface area contributed by atoms with Crippen molar-refractivity contribution in [2.45, 2.75) is 13.8 Å². The molecule has 0 aromatic carbocycles. The summed E-state index contributed by atoms with van der Waals surface area (Å²) in [5.41, 5.74) is 5.54. The Morgan fingerprint density at radius 1 is 1.23 bits per heavy atom. The summed E-state index contributed by atoms with van der Waals surface area (Å²) in [6.07, 6.45) is 20.1. The van der Waals surface area contributed by atoms with Gasteiger partial charge in [0.05, 0.1) is 0 Å². The number of rotatable bonds is 11. The van der Waals surface area contributed by atoms with E-state index in [0.29, 0.717) is 5.88 Å². The van der Waals surface area contributed by atoms with E-state index >= 15 is 0 Å². The zero-order valence-corrected chi connectivity index (χ0v) is 21.2. The number of alkyl halides is 1. The SMILES string of the molecule is C=C/C=C\C=C/N1CC[PH]2(CC=C2/C(C(=C)C(=C)C)=C(\C(=C\C=C)CCl)N(C)CC)C1. The van der Waals surface area contributed by atoms with Crippen LogP contribution in [-0.4, -0.2) is 54.4 Å². The topological polar surface area (TPSA) is 6.48 Å². The van der Waals surface area contributed by atoms with Gasteiger partial charge in [-0.3, -0.25) is 0 Å². The molecule has 0 N–H and O–H groups in total. The summed E-state index contributed by atoms with van der Waals surface area (Å²) in [6, 6.07) is 0. The van der Waals surface area contributed by atoms with E-state index in [0.717, 1.165) is 36.1 Å². The van der Waals surface area contributed by atoms with Crippen LogP contribution in [0.25, 0.3) is 0 Å². The van der Waals surface area contributed by atoms with Gasteiger partial charge in [0.25, 0.3) is 0 Å². The van der Waals surface area contributed by atoms with E-state index in [-0.39, 0.29) is 0 Å². The van der Waals surface area contributed by atoms with Crippen molar-refractivity contribution in [2.24, 2.45) is 0 Å². The third-order valence-electron chi connectivity index (χ3n) is 6.25. The number of allylic oxidation sites excluding steroid dienone is 12. The van der Waals surface area contributed by atoms with Gasteiger partial charge in [0.15, 0.2) is 0 Å². The van der Waals surface area contributed by atoms with E-state index in [1.54, 1.807) is 6.08 Å². The molecule has 2 aliphatic rings. The Hall–Kier alpha value is -2.02. The Morgan fingerprint density at radius 3 is 2.48 bits per heavy atom. The number of likely N-dealkylation sites (N-methyl/N-ethyl adjacent to an activating group) is 1. The minimum atomic E-state index is -1.61. The zero-order valence-electron chi connectivity index (χ0n) is 19.5. The number of nitrogens with zero attached hydrogens (tertiary/aromatic N) is 2. The first kappa shape index (κ1) is 25.2. The molecule has 0 amide bonds. The van der Waals surface area contributed by atoms with Gasteiger partial charge in [0, 0.05) is 0 Å². The Balaban J connectivity index is 2.54. The second-order valence-electron chi connectivity index (χ2n) is 8.34. The molecule has 0 bridgehead atoms. The molecule has 0 aromatic rings. The molecule has 0 saturated carbocycles. The van der Waals surface area contributed by atoms with Crippen LogP contribution in [-0.2, 0) is 0 Å². The third-order valence-corrected chi connectivity index (χ3v) is 11.3. The molecule has 0 unspecified atom stereocenters. The molecule has 168 valence electrons. The molecule has 0 radical (unpaired) electrons. The van der Waals surface area contributed by atoms with E-state index < -0.39 is 7.26 Å². The van der Waals surface area contributed by atoms with E-state index in [9.17, 15) is 0 Å².